The topological polar surface area (TPSA) is 89.3 Å². The maximum atomic E-state index is 12.2. The Hall–Kier alpha value is -3.68. The molecule has 0 radical (unpaired) electrons. The van der Waals surface area contributed by atoms with Gasteiger partial charge in [-0.1, -0.05) is 5.16 Å². The molecule has 0 atom stereocenters. The second kappa shape index (κ2) is 6.24. The highest BCUT2D eigenvalue weighted by atomic mass is 16.7. The third-order valence-corrected chi connectivity index (χ3v) is 4.18. The standard InChI is InChI=1S/C19H13NO7/c21-19(12-2-4-15-18(6-12)26-10-24-15)22-8-13-7-16(27-20-13)11-1-3-14-17(5-11)25-9-23-14/h1-7H,8-10H2. The van der Waals surface area contributed by atoms with E-state index in [9.17, 15) is 4.79 Å². The minimum absolute atomic E-state index is 0.0126. The molecule has 0 saturated heterocycles. The predicted octanol–water partition coefficient (Wildman–Crippen LogP) is 3.16. The average molecular weight is 367 g/mol. The lowest BCUT2D eigenvalue weighted by molar-refractivity contribution is 0.0464. The highest BCUT2D eigenvalue weighted by Crippen LogP contribution is 2.36. The Kier molecular flexibility index (Phi) is 3.60. The van der Waals surface area contributed by atoms with Crippen LogP contribution in [0.25, 0.3) is 11.3 Å². The number of hydrogen-bond donors (Lipinski definition) is 0. The van der Waals surface area contributed by atoms with Gasteiger partial charge in [0.25, 0.3) is 0 Å². The number of hydrogen-bond acceptors (Lipinski definition) is 8. The summed E-state index contributed by atoms with van der Waals surface area (Å²) < 4.78 is 31.8. The van der Waals surface area contributed by atoms with Gasteiger partial charge in [-0.15, -0.1) is 0 Å². The van der Waals surface area contributed by atoms with Crippen LogP contribution < -0.4 is 18.9 Å². The van der Waals surface area contributed by atoms with Crippen molar-refractivity contribution in [2.75, 3.05) is 13.6 Å². The fraction of sp³-hybridized carbons (Fsp3) is 0.158. The zero-order valence-corrected chi connectivity index (χ0v) is 14.0. The Morgan fingerprint density at radius 1 is 0.889 bits per heavy atom. The minimum Gasteiger partial charge on any atom is -0.455 e. The number of nitrogens with zero attached hydrogens (tertiary/aromatic N) is 1. The van der Waals surface area contributed by atoms with E-state index in [2.05, 4.69) is 5.16 Å². The number of aromatic nitrogens is 1. The minimum atomic E-state index is -0.485. The number of fused-ring (bicyclic) bond motifs is 2. The van der Waals surface area contributed by atoms with Crippen molar-refractivity contribution in [1.29, 1.82) is 0 Å². The summed E-state index contributed by atoms with van der Waals surface area (Å²) in [6.07, 6.45) is 0. The zero-order valence-electron chi connectivity index (χ0n) is 14.0. The van der Waals surface area contributed by atoms with Crippen molar-refractivity contribution in [3.63, 3.8) is 0 Å². The van der Waals surface area contributed by atoms with Crippen LogP contribution in [0.2, 0.25) is 0 Å². The maximum absolute atomic E-state index is 12.2. The van der Waals surface area contributed by atoms with Gasteiger partial charge in [0.15, 0.2) is 28.8 Å². The largest absolute Gasteiger partial charge is 0.455 e. The molecule has 2 aromatic carbocycles. The quantitative estimate of drug-likeness (QED) is 0.650. The second-order valence-corrected chi connectivity index (χ2v) is 5.89. The molecule has 27 heavy (non-hydrogen) atoms. The Bertz CT molecular complexity index is 1030. The molecular weight excluding hydrogens is 354 g/mol. The molecule has 136 valence electrons. The molecule has 2 aliphatic heterocycles. The molecule has 0 unspecified atom stereocenters. The van der Waals surface area contributed by atoms with E-state index in [-0.39, 0.29) is 20.2 Å². The van der Waals surface area contributed by atoms with Crippen LogP contribution >= 0.6 is 0 Å². The molecule has 2 aliphatic rings. The van der Waals surface area contributed by atoms with Crippen LogP contribution in [0.5, 0.6) is 23.0 Å². The van der Waals surface area contributed by atoms with Crippen LogP contribution in [0.1, 0.15) is 16.1 Å². The summed E-state index contributed by atoms with van der Waals surface area (Å²) in [5, 5.41) is 3.94. The predicted molar refractivity (Wildman–Crippen MR) is 89.7 cm³/mol. The third kappa shape index (κ3) is 2.91. The molecule has 0 fully saturated rings. The maximum Gasteiger partial charge on any atom is 0.338 e. The highest BCUT2D eigenvalue weighted by molar-refractivity contribution is 5.90. The molecule has 3 aromatic rings. The molecular formula is C19H13NO7. The van der Waals surface area contributed by atoms with Crippen LogP contribution in [-0.4, -0.2) is 24.7 Å². The smallest absolute Gasteiger partial charge is 0.338 e. The van der Waals surface area contributed by atoms with Crippen molar-refractivity contribution >= 4 is 5.97 Å². The van der Waals surface area contributed by atoms with E-state index in [0.29, 0.717) is 40.0 Å². The normalized spacial score (nSPS) is 13.6. The SMILES string of the molecule is O=C(OCc1cc(-c2ccc3c(c2)OCO3)on1)c1ccc2c(c1)OCO2. The Balaban J connectivity index is 1.26. The number of rotatable bonds is 4. The zero-order chi connectivity index (χ0) is 18.2. The number of benzene rings is 2. The lowest BCUT2D eigenvalue weighted by atomic mass is 10.1. The molecule has 0 aliphatic carbocycles. The second-order valence-electron chi connectivity index (χ2n) is 5.89. The molecule has 8 heteroatoms. The lowest BCUT2D eigenvalue weighted by Gasteiger charge is -2.03. The number of ether oxygens (including phenoxy) is 5. The van der Waals surface area contributed by atoms with E-state index in [1.165, 1.54) is 0 Å². The third-order valence-electron chi connectivity index (χ3n) is 4.18. The first kappa shape index (κ1) is 15.6. The van der Waals surface area contributed by atoms with E-state index in [1.54, 1.807) is 30.3 Å². The summed E-state index contributed by atoms with van der Waals surface area (Å²) >= 11 is 0. The van der Waals surface area contributed by atoms with Crippen molar-refractivity contribution in [3.05, 3.63) is 53.7 Å². The first-order valence-electron chi connectivity index (χ1n) is 8.19. The van der Waals surface area contributed by atoms with E-state index >= 15 is 0 Å². The van der Waals surface area contributed by atoms with Crippen LogP contribution in [-0.2, 0) is 11.3 Å². The summed E-state index contributed by atoms with van der Waals surface area (Å²) in [5.41, 5.74) is 1.66. The monoisotopic (exact) mass is 367 g/mol. The van der Waals surface area contributed by atoms with E-state index in [1.807, 2.05) is 12.1 Å². The van der Waals surface area contributed by atoms with Crippen molar-refractivity contribution in [1.82, 2.24) is 5.16 Å². The van der Waals surface area contributed by atoms with Gasteiger partial charge in [0.05, 0.1) is 5.56 Å². The van der Waals surface area contributed by atoms with Crippen LogP contribution in [0.3, 0.4) is 0 Å². The first-order chi connectivity index (χ1) is 13.3. The van der Waals surface area contributed by atoms with Crippen LogP contribution in [0.15, 0.2) is 47.0 Å². The van der Waals surface area contributed by atoms with Crippen molar-refractivity contribution in [2.24, 2.45) is 0 Å². The Morgan fingerprint density at radius 3 is 2.41 bits per heavy atom. The fourth-order valence-electron chi connectivity index (χ4n) is 2.81. The van der Waals surface area contributed by atoms with E-state index in [0.717, 1.165) is 5.56 Å². The van der Waals surface area contributed by atoms with Gasteiger partial charge < -0.3 is 28.2 Å². The first-order valence-corrected chi connectivity index (χ1v) is 8.19. The molecule has 0 bridgehead atoms. The van der Waals surface area contributed by atoms with Gasteiger partial charge in [0.2, 0.25) is 13.6 Å². The Labute approximate surface area is 153 Å². The molecule has 0 spiro atoms. The number of carbonyl (C=O) groups is 1. The fourth-order valence-corrected chi connectivity index (χ4v) is 2.81. The summed E-state index contributed by atoms with van der Waals surface area (Å²) in [7, 11) is 0. The van der Waals surface area contributed by atoms with Crippen molar-refractivity contribution in [3.8, 4) is 34.3 Å². The Morgan fingerprint density at radius 2 is 1.59 bits per heavy atom. The number of carbonyl (C=O) groups excluding carboxylic acids is 1. The summed E-state index contributed by atoms with van der Waals surface area (Å²) in [5.74, 6) is 2.53. The van der Waals surface area contributed by atoms with Gasteiger partial charge in [-0.05, 0) is 36.4 Å². The lowest BCUT2D eigenvalue weighted by Crippen LogP contribution is -2.05. The van der Waals surface area contributed by atoms with Gasteiger partial charge in [-0.2, -0.15) is 0 Å². The van der Waals surface area contributed by atoms with Gasteiger partial charge in [0, 0.05) is 11.6 Å². The summed E-state index contributed by atoms with van der Waals surface area (Å²) in [6, 6.07) is 12.1. The number of esters is 1. The molecule has 8 nitrogen and oxygen atoms in total. The van der Waals surface area contributed by atoms with E-state index in [4.69, 9.17) is 28.2 Å². The van der Waals surface area contributed by atoms with Crippen molar-refractivity contribution in [2.45, 2.75) is 6.61 Å². The average Bonchev–Trinajstić information content (AvgIpc) is 3.44. The molecule has 0 saturated carbocycles. The molecule has 0 N–H and O–H groups in total. The van der Waals surface area contributed by atoms with Crippen LogP contribution in [0, 0.1) is 0 Å². The van der Waals surface area contributed by atoms with Gasteiger partial charge >= 0.3 is 5.97 Å². The van der Waals surface area contributed by atoms with Gasteiger partial charge in [-0.3, -0.25) is 0 Å². The molecule has 5 rings (SSSR count). The summed E-state index contributed by atoms with van der Waals surface area (Å²) in [6.45, 7) is 0.340. The van der Waals surface area contributed by atoms with Crippen LogP contribution in [0.4, 0.5) is 0 Å². The van der Waals surface area contributed by atoms with Gasteiger partial charge in [0.1, 0.15) is 12.3 Å². The molecule has 3 heterocycles. The van der Waals surface area contributed by atoms with Crippen molar-refractivity contribution < 1.29 is 33.0 Å². The van der Waals surface area contributed by atoms with Gasteiger partial charge in [-0.25, -0.2) is 4.79 Å². The molecule has 0 amide bonds. The van der Waals surface area contributed by atoms with E-state index < -0.39 is 5.97 Å². The highest BCUT2D eigenvalue weighted by Gasteiger charge is 2.18. The summed E-state index contributed by atoms with van der Waals surface area (Å²) in [4.78, 5) is 12.2. The molecule has 1 aromatic heterocycles.